The lowest BCUT2D eigenvalue weighted by atomic mass is 10.2. The van der Waals surface area contributed by atoms with Gasteiger partial charge in [0.1, 0.15) is 5.60 Å². The zero-order chi connectivity index (χ0) is 13.1. The van der Waals surface area contributed by atoms with Gasteiger partial charge in [-0.25, -0.2) is 4.79 Å². The number of rotatable bonds is 2. The molecule has 1 N–H and O–H groups in total. The van der Waals surface area contributed by atoms with Crippen LogP contribution in [-0.4, -0.2) is 11.7 Å². The van der Waals surface area contributed by atoms with Crippen molar-refractivity contribution >= 4 is 40.3 Å². The summed E-state index contributed by atoms with van der Waals surface area (Å²) in [6, 6.07) is 5.66. The Morgan fingerprint density at radius 2 is 2.12 bits per heavy atom. The minimum absolute atomic E-state index is 0.366. The number of hydrogen-bond donors (Lipinski definition) is 1. The normalized spacial score (nSPS) is 11.1. The molecule has 0 radical (unpaired) electrons. The van der Waals surface area contributed by atoms with E-state index in [2.05, 4.69) is 27.9 Å². The highest BCUT2D eigenvalue weighted by atomic mass is 127. The SMILES string of the molecule is CC(C)(C)OC(=O)NCc1cc(I)ccc1Cl. The predicted molar refractivity (Wildman–Crippen MR) is 77.2 cm³/mol. The lowest BCUT2D eigenvalue weighted by Gasteiger charge is -2.19. The first-order chi connectivity index (χ1) is 7.78. The topological polar surface area (TPSA) is 38.3 Å². The van der Waals surface area contributed by atoms with E-state index in [-0.39, 0.29) is 0 Å². The van der Waals surface area contributed by atoms with E-state index in [0.29, 0.717) is 11.6 Å². The van der Waals surface area contributed by atoms with E-state index in [4.69, 9.17) is 16.3 Å². The summed E-state index contributed by atoms with van der Waals surface area (Å²) in [6.07, 6.45) is -0.438. The number of amides is 1. The first kappa shape index (κ1) is 14.6. The van der Waals surface area contributed by atoms with Gasteiger partial charge in [-0.2, -0.15) is 0 Å². The molecule has 0 atom stereocenters. The molecule has 0 spiro atoms. The van der Waals surface area contributed by atoms with Gasteiger partial charge in [0.2, 0.25) is 0 Å². The maximum absolute atomic E-state index is 11.4. The van der Waals surface area contributed by atoms with Crippen LogP contribution < -0.4 is 5.32 Å². The van der Waals surface area contributed by atoms with Gasteiger partial charge in [0, 0.05) is 15.1 Å². The fraction of sp³-hybridized carbons (Fsp3) is 0.417. The highest BCUT2D eigenvalue weighted by Crippen LogP contribution is 2.18. The van der Waals surface area contributed by atoms with Gasteiger partial charge in [-0.05, 0) is 67.1 Å². The van der Waals surface area contributed by atoms with Crippen LogP contribution in [0.1, 0.15) is 26.3 Å². The average Bonchev–Trinajstić information content (AvgIpc) is 2.17. The Morgan fingerprint density at radius 1 is 1.47 bits per heavy atom. The minimum atomic E-state index is -0.487. The van der Waals surface area contributed by atoms with Gasteiger partial charge in [-0.15, -0.1) is 0 Å². The molecule has 94 valence electrons. The number of carbonyl (C=O) groups is 1. The van der Waals surface area contributed by atoms with Crippen LogP contribution >= 0.6 is 34.2 Å². The maximum Gasteiger partial charge on any atom is 0.407 e. The van der Waals surface area contributed by atoms with E-state index >= 15 is 0 Å². The van der Waals surface area contributed by atoms with E-state index in [1.54, 1.807) is 0 Å². The molecule has 0 fully saturated rings. The van der Waals surface area contributed by atoms with Crippen molar-refractivity contribution in [2.75, 3.05) is 0 Å². The van der Waals surface area contributed by atoms with Crippen LogP contribution in [0.25, 0.3) is 0 Å². The summed E-state index contributed by atoms with van der Waals surface area (Å²) in [4.78, 5) is 11.4. The number of alkyl carbamates (subject to hydrolysis) is 1. The summed E-state index contributed by atoms with van der Waals surface area (Å²) < 4.78 is 6.21. The van der Waals surface area contributed by atoms with Crippen molar-refractivity contribution in [3.63, 3.8) is 0 Å². The highest BCUT2D eigenvalue weighted by Gasteiger charge is 2.15. The molecule has 3 nitrogen and oxygen atoms in total. The van der Waals surface area contributed by atoms with Crippen LogP contribution in [0.5, 0.6) is 0 Å². The lowest BCUT2D eigenvalue weighted by Crippen LogP contribution is -2.32. The Labute approximate surface area is 120 Å². The molecular formula is C12H15ClINO2. The van der Waals surface area contributed by atoms with Crippen molar-refractivity contribution in [3.05, 3.63) is 32.4 Å². The molecule has 0 aromatic heterocycles. The molecular weight excluding hydrogens is 352 g/mol. The van der Waals surface area contributed by atoms with E-state index in [1.165, 1.54) is 0 Å². The number of ether oxygens (including phenoxy) is 1. The van der Waals surface area contributed by atoms with E-state index in [9.17, 15) is 4.79 Å². The summed E-state index contributed by atoms with van der Waals surface area (Å²) in [5.74, 6) is 0. The second-order valence-electron chi connectivity index (χ2n) is 4.59. The molecule has 0 aliphatic carbocycles. The fourth-order valence-electron chi connectivity index (χ4n) is 1.16. The second-order valence-corrected chi connectivity index (χ2v) is 6.24. The average molecular weight is 368 g/mol. The fourth-order valence-corrected chi connectivity index (χ4v) is 1.90. The molecule has 0 saturated carbocycles. The predicted octanol–water partition coefficient (Wildman–Crippen LogP) is 3.97. The monoisotopic (exact) mass is 367 g/mol. The Bertz CT molecular complexity index is 415. The van der Waals surface area contributed by atoms with Gasteiger partial charge in [0.15, 0.2) is 0 Å². The minimum Gasteiger partial charge on any atom is -0.444 e. The van der Waals surface area contributed by atoms with E-state index < -0.39 is 11.7 Å². The molecule has 0 saturated heterocycles. The van der Waals surface area contributed by atoms with Gasteiger partial charge < -0.3 is 10.1 Å². The van der Waals surface area contributed by atoms with Gasteiger partial charge >= 0.3 is 6.09 Å². The van der Waals surface area contributed by atoms with Crippen LogP contribution in [0.2, 0.25) is 5.02 Å². The summed E-state index contributed by atoms with van der Waals surface area (Å²) in [6.45, 7) is 5.84. The van der Waals surface area contributed by atoms with Gasteiger partial charge in [0.25, 0.3) is 0 Å². The Balaban J connectivity index is 2.56. The molecule has 1 amide bonds. The third-order valence-corrected chi connectivity index (χ3v) is 2.87. The summed E-state index contributed by atoms with van der Waals surface area (Å²) in [7, 11) is 0. The summed E-state index contributed by atoms with van der Waals surface area (Å²) in [5.41, 5.74) is 0.392. The number of hydrogen-bond acceptors (Lipinski definition) is 2. The van der Waals surface area contributed by atoms with Gasteiger partial charge in [0.05, 0.1) is 0 Å². The number of halogens is 2. The quantitative estimate of drug-likeness (QED) is 0.803. The summed E-state index contributed by atoms with van der Waals surface area (Å²) in [5, 5.41) is 3.31. The Hall–Kier alpha value is -0.490. The van der Waals surface area contributed by atoms with Crippen molar-refractivity contribution in [1.82, 2.24) is 5.32 Å². The Morgan fingerprint density at radius 3 is 2.71 bits per heavy atom. The zero-order valence-electron chi connectivity index (χ0n) is 10.0. The van der Waals surface area contributed by atoms with Crippen LogP contribution in [0.15, 0.2) is 18.2 Å². The maximum atomic E-state index is 11.4. The zero-order valence-corrected chi connectivity index (χ0v) is 12.9. The van der Waals surface area contributed by atoms with E-state index in [0.717, 1.165) is 9.13 Å². The highest BCUT2D eigenvalue weighted by molar-refractivity contribution is 14.1. The smallest absolute Gasteiger partial charge is 0.407 e. The third-order valence-electron chi connectivity index (χ3n) is 1.83. The standard InChI is InChI=1S/C12H15ClINO2/c1-12(2,3)17-11(16)15-7-8-6-9(14)4-5-10(8)13/h4-6H,7H2,1-3H3,(H,15,16). The third kappa shape index (κ3) is 5.59. The molecule has 17 heavy (non-hydrogen) atoms. The van der Waals surface area contributed by atoms with Crippen molar-refractivity contribution < 1.29 is 9.53 Å². The van der Waals surface area contributed by atoms with Crippen molar-refractivity contribution in [1.29, 1.82) is 0 Å². The summed E-state index contributed by atoms with van der Waals surface area (Å²) >= 11 is 8.22. The first-order valence-electron chi connectivity index (χ1n) is 5.19. The molecule has 1 aromatic rings. The molecule has 1 aromatic carbocycles. The molecule has 0 aliphatic rings. The molecule has 0 heterocycles. The molecule has 5 heteroatoms. The van der Waals surface area contributed by atoms with Crippen LogP contribution in [0.3, 0.4) is 0 Å². The number of carbonyl (C=O) groups excluding carboxylic acids is 1. The number of nitrogens with one attached hydrogen (secondary N) is 1. The molecule has 0 unspecified atom stereocenters. The lowest BCUT2D eigenvalue weighted by molar-refractivity contribution is 0.0523. The first-order valence-corrected chi connectivity index (χ1v) is 6.64. The van der Waals surface area contributed by atoms with Crippen molar-refractivity contribution in [3.8, 4) is 0 Å². The van der Waals surface area contributed by atoms with Crippen molar-refractivity contribution in [2.45, 2.75) is 32.9 Å². The van der Waals surface area contributed by atoms with Crippen LogP contribution in [0.4, 0.5) is 4.79 Å². The second kappa shape index (κ2) is 5.91. The van der Waals surface area contributed by atoms with Crippen molar-refractivity contribution in [2.24, 2.45) is 0 Å². The molecule has 1 rings (SSSR count). The van der Waals surface area contributed by atoms with Crippen LogP contribution in [-0.2, 0) is 11.3 Å². The van der Waals surface area contributed by atoms with Crippen LogP contribution in [0, 0.1) is 3.57 Å². The largest absolute Gasteiger partial charge is 0.444 e. The number of benzene rings is 1. The van der Waals surface area contributed by atoms with Gasteiger partial charge in [-0.3, -0.25) is 0 Å². The Kier molecular flexibility index (Phi) is 5.06. The molecule has 0 aliphatic heterocycles. The van der Waals surface area contributed by atoms with E-state index in [1.807, 2.05) is 39.0 Å². The van der Waals surface area contributed by atoms with Gasteiger partial charge in [-0.1, -0.05) is 11.6 Å². The molecule has 0 bridgehead atoms.